The first-order chi connectivity index (χ1) is 13.7. The molecule has 0 saturated heterocycles. The van der Waals surface area contributed by atoms with Crippen LogP contribution in [0.1, 0.15) is 95.0 Å². The zero-order chi connectivity index (χ0) is 20.0. The van der Waals surface area contributed by atoms with Crippen molar-refractivity contribution in [1.29, 1.82) is 0 Å². The Bertz CT molecular complexity index is 649. The van der Waals surface area contributed by atoms with Gasteiger partial charge in [-0.3, -0.25) is 0 Å². The van der Waals surface area contributed by atoms with Crippen molar-refractivity contribution in [3.63, 3.8) is 0 Å². The van der Waals surface area contributed by atoms with E-state index in [1.165, 1.54) is 56.9 Å². The van der Waals surface area contributed by atoms with Gasteiger partial charge in [0.2, 0.25) is 11.7 Å². The summed E-state index contributed by atoms with van der Waals surface area (Å²) in [6.07, 6.45) is 14.7. The third kappa shape index (κ3) is 10.8. The number of hydrogen-bond acceptors (Lipinski definition) is 5. The summed E-state index contributed by atoms with van der Waals surface area (Å²) in [5.74, 6) is 1.12. The summed E-state index contributed by atoms with van der Waals surface area (Å²) in [6.45, 7) is 2.95. The van der Waals surface area contributed by atoms with E-state index in [0.717, 1.165) is 31.2 Å². The lowest BCUT2D eigenvalue weighted by Crippen LogP contribution is -2.11. The zero-order valence-corrected chi connectivity index (χ0v) is 20.0. The number of aryl methyl sites for hydroxylation is 1. The van der Waals surface area contributed by atoms with E-state index in [4.69, 9.17) is 16.0 Å². The summed E-state index contributed by atoms with van der Waals surface area (Å²) >= 11 is 0. The summed E-state index contributed by atoms with van der Waals surface area (Å²) in [4.78, 5) is 4.47. The van der Waals surface area contributed by atoms with E-state index in [1.54, 1.807) is 0 Å². The average Bonchev–Trinajstić information content (AvgIpc) is 3.21. The van der Waals surface area contributed by atoms with Gasteiger partial charge in [0.1, 0.15) is 0 Å². The minimum Gasteiger partial charge on any atom is -0.337 e. The molecule has 0 aliphatic rings. The van der Waals surface area contributed by atoms with Crippen molar-refractivity contribution < 1.29 is 4.52 Å². The molecule has 2 aromatic rings. The van der Waals surface area contributed by atoms with Crippen LogP contribution in [0.15, 0.2) is 28.8 Å². The van der Waals surface area contributed by atoms with Crippen LogP contribution in [-0.2, 0) is 6.42 Å². The molecular formula is C23H40Cl2N4O. The van der Waals surface area contributed by atoms with Gasteiger partial charge in [-0.15, -0.1) is 24.8 Å². The SMILES string of the molecule is CCCCCCCCCCc1ccc(-c2noc([C@H](N)CCCCN)n2)cc1.Cl.Cl. The highest BCUT2D eigenvalue weighted by atomic mass is 35.5. The van der Waals surface area contributed by atoms with Gasteiger partial charge in [-0.25, -0.2) is 0 Å². The van der Waals surface area contributed by atoms with E-state index in [-0.39, 0.29) is 30.9 Å². The summed E-state index contributed by atoms with van der Waals surface area (Å²) in [5, 5.41) is 4.09. The van der Waals surface area contributed by atoms with Crippen molar-refractivity contribution in [3.05, 3.63) is 35.7 Å². The fraction of sp³-hybridized carbons (Fsp3) is 0.652. The van der Waals surface area contributed by atoms with Crippen LogP contribution in [0, 0.1) is 0 Å². The molecule has 30 heavy (non-hydrogen) atoms. The summed E-state index contributed by atoms with van der Waals surface area (Å²) < 4.78 is 5.35. The number of hydrogen-bond donors (Lipinski definition) is 2. The molecule has 0 aliphatic heterocycles. The number of halogens is 2. The van der Waals surface area contributed by atoms with Crippen LogP contribution in [0.4, 0.5) is 0 Å². The first-order valence-corrected chi connectivity index (χ1v) is 11.1. The average molecular weight is 460 g/mol. The summed E-state index contributed by atoms with van der Waals surface area (Å²) in [7, 11) is 0. The second-order valence-corrected chi connectivity index (χ2v) is 7.77. The van der Waals surface area contributed by atoms with Crippen LogP contribution < -0.4 is 11.5 Å². The molecular weight excluding hydrogens is 419 g/mol. The molecule has 0 fully saturated rings. The van der Waals surface area contributed by atoms with E-state index in [2.05, 4.69) is 41.3 Å². The number of rotatable bonds is 15. The number of aromatic nitrogens is 2. The third-order valence-electron chi connectivity index (χ3n) is 5.26. The summed E-state index contributed by atoms with van der Waals surface area (Å²) in [5.41, 5.74) is 14.0. The van der Waals surface area contributed by atoms with Crippen LogP contribution >= 0.6 is 24.8 Å². The lowest BCUT2D eigenvalue weighted by molar-refractivity contribution is 0.346. The predicted molar refractivity (Wildman–Crippen MR) is 130 cm³/mol. The molecule has 7 heteroatoms. The highest BCUT2D eigenvalue weighted by Crippen LogP contribution is 2.21. The monoisotopic (exact) mass is 458 g/mol. The van der Waals surface area contributed by atoms with Gasteiger partial charge in [-0.2, -0.15) is 4.98 Å². The molecule has 4 N–H and O–H groups in total. The van der Waals surface area contributed by atoms with Crippen molar-refractivity contribution in [2.45, 2.75) is 90.0 Å². The Morgan fingerprint density at radius 3 is 2.13 bits per heavy atom. The lowest BCUT2D eigenvalue weighted by atomic mass is 10.0. The quantitative estimate of drug-likeness (QED) is 0.301. The number of nitrogens with two attached hydrogens (primary N) is 2. The fourth-order valence-electron chi connectivity index (χ4n) is 3.42. The smallest absolute Gasteiger partial charge is 0.243 e. The maximum atomic E-state index is 6.13. The molecule has 1 aromatic heterocycles. The first-order valence-electron chi connectivity index (χ1n) is 11.1. The Kier molecular flexibility index (Phi) is 16.9. The zero-order valence-electron chi connectivity index (χ0n) is 18.4. The normalized spacial score (nSPS) is 11.6. The molecule has 1 aromatic carbocycles. The molecule has 2 rings (SSSR count). The largest absolute Gasteiger partial charge is 0.337 e. The fourth-order valence-corrected chi connectivity index (χ4v) is 3.42. The molecule has 0 amide bonds. The maximum Gasteiger partial charge on any atom is 0.243 e. The highest BCUT2D eigenvalue weighted by molar-refractivity contribution is 5.85. The Labute approximate surface area is 194 Å². The molecule has 1 atom stereocenters. The van der Waals surface area contributed by atoms with Gasteiger partial charge in [0.25, 0.3) is 0 Å². The van der Waals surface area contributed by atoms with Gasteiger partial charge < -0.3 is 16.0 Å². The van der Waals surface area contributed by atoms with E-state index < -0.39 is 0 Å². The topological polar surface area (TPSA) is 91.0 Å². The molecule has 0 saturated carbocycles. The molecule has 172 valence electrons. The van der Waals surface area contributed by atoms with Gasteiger partial charge in [0.05, 0.1) is 6.04 Å². The van der Waals surface area contributed by atoms with Crippen LogP contribution in [0.3, 0.4) is 0 Å². The van der Waals surface area contributed by atoms with Gasteiger partial charge >= 0.3 is 0 Å². The lowest BCUT2D eigenvalue weighted by Gasteiger charge is -2.05. The Morgan fingerprint density at radius 2 is 1.50 bits per heavy atom. The van der Waals surface area contributed by atoms with E-state index in [1.807, 2.05) is 0 Å². The van der Waals surface area contributed by atoms with E-state index in [9.17, 15) is 0 Å². The molecule has 0 aliphatic carbocycles. The molecule has 5 nitrogen and oxygen atoms in total. The van der Waals surface area contributed by atoms with Crippen molar-refractivity contribution in [1.82, 2.24) is 10.1 Å². The van der Waals surface area contributed by atoms with Crippen LogP contribution in [-0.4, -0.2) is 16.7 Å². The molecule has 0 bridgehead atoms. The minimum atomic E-state index is -0.214. The van der Waals surface area contributed by atoms with Gasteiger partial charge in [0.15, 0.2) is 0 Å². The van der Waals surface area contributed by atoms with Crippen LogP contribution in [0.5, 0.6) is 0 Å². The van der Waals surface area contributed by atoms with Crippen LogP contribution in [0.2, 0.25) is 0 Å². The maximum absolute atomic E-state index is 6.13. The van der Waals surface area contributed by atoms with Crippen molar-refractivity contribution >= 4 is 24.8 Å². The second-order valence-electron chi connectivity index (χ2n) is 7.77. The standard InChI is InChI=1S/C23H38N4O.2ClH/c1-2-3-4-5-6-7-8-9-12-19-14-16-20(17-15-19)22-26-23(28-27-22)21(25)13-10-11-18-24;;/h14-17,21H,2-13,18,24-25H2,1H3;2*1H/t21-;;/m1../s1. The first kappa shape index (κ1) is 28.9. The van der Waals surface area contributed by atoms with Gasteiger partial charge in [-0.1, -0.05) is 87.7 Å². The molecule has 0 unspecified atom stereocenters. The number of benzene rings is 1. The predicted octanol–water partition coefficient (Wildman–Crippen LogP) is 6.39. The Morgan fingerprint density at radius 1 is 0.867 bits per heavy atom. The van der Waals surface area contributed by atoms with Crippen molar-refractivity contribution in [2.75, 3.05) is 6.54 Å². The second kappa shape index (κ2) is 17.5. The minimum absolute atomic E-state index is 0. The van der Waals surface area contributed by atoms with Crippen LogP contribution in [0.25, 0.3) is 11.4 Å². The highest BCUT2D eigenvalue weighted by Gasteiger charge is 2.15. The number of unbranched alkanes of at least 4 members (excludes halogenated alkanes) is 8. The number of nitrogens with zero attached hydrogens (tertiary/aromatic N) is 2. The molecule has 0 spiro atoms. The van der Waals surface area contributed by atoms with E-state index in [0.29, 0.717) is 18.3 Å². The summed E-state index contributed by atoms with van der Waals surface area (Å²) in [6, 6.07) is 8.29. The van der Waals surface area contributed by atoms with Crippen molar-refractivity contribution in [2.24, 2.45) is 11.5 Å². The van der Waals surface area contributed by atoms with Crippen molar-refractivity contribution in [3.8, 4) is 11.4 Å². The van der Waals surface area contributed by atoms with Gasteiger partial charge in [-0.05, 0) is 37.8 Å². The third-order valence-corrected chi connectivity index (χ3v) is 5.26. The van der Waals surface area contributed by atoms with Gasteiger partial charge in [0, 0.05) is 5.56 Å². The Balaban J connectivity index is 0.00000420. The molecule has 1 heterocycles. The van der Waals surface area contributed by atoms with E-state index >= 15 is 0 Å². The Hall–Kier alpha value is -1.14. The molecule has 0 radical (unpaired) electrons.